The maximum absolute atomic E-state index is 11.9. The molecule has 0 atom stereocenters. The number of aliphatic hydroxyl groups excluding tert-OH is 1. The number of halogens is 1. The molecule has 1 N–H and O–H groups in total. The van der Waals surface area contributed by atoms with E-state index in [1.165, 1.54) is 28.3 Å². The molecule has 0 saturated heterocycles. The van der Waals surface area contributed by atoms with Crippen molar-refractivity contribution in [3.63, 3.8) is 0 Å². The van der Waals surface area contributed by atoms with E-state index in [1.807, 2.05) is 35.0 Å². The third kappa shape index (κ3) is 12.0. The van der Waals surface area contributed by atoms with E-state index in [1.54, 1.807) is 11.3 Å². The number of rotatable bonds is 10. The molecule has 41 heavy (non-hydrogen) atoms. The Bertz CT molecular complexity index is 1590. The minimum absolute atomic E-state index is 0.0415. The van der Waals surface area contributed by atoms with E-state index in [-0.39, 0.29) is 34.4 Å². The van der Waals surface area contributed by atoms with Crippen LogP contribution in [0.4, 0.5) is 11.4 Å². The first-order valence-corrected chi connectivity index (χ1v) is 16.8. The Balaban J connectivity index is 0.000000239. The number of nitro benzene ring substituents is 2. The Morgan fingerprint density at radius 3 is 1.54 bits per heavy atom. The number of thiophene rings is 2. The monoisotopic (exact) mass is 662 g/mol. The molecule has 2 aromatic heterocycles. The van der Waals surface area contributed by atoms with Crippen LogP contribution in [-0.4, -0.2) is 45.0 Å². The number of non-ortho nitro benzene ring substituents is 2. The van der Waals surface area contributed by atoms with Gasteiger partial charge in [-0.25, -0.2) is 8.42 Å². The Kier molecular flexibility index (Phi) is 13.5. The normalized spacial score (nSPS) is 11.0. The Labute approximate surface area is 248 Å². The van der Waals surface area contributed by atoms with Crippen LogP contribution in [0.2, 0.25) is 0 Å². The smallest absolute Gasteiger partial charge is 0.296 e. The first-order valence-electron chi connectivity index (χ1n) is 11.3. The molecule has 2 aromatic carbocycles. The van der Waals surface area contributed by atoms with Gasteiger partial charge in [0.1, 0.15) is 0 Å². The molecule has 220 valence electrons. The van der Waals surface area contributed by atoms with Crippen LogP contribution < -0.4 is 0 Å². The van der Waals surface area contributed by atoms with Crippen LogP contribution in [0.3, 0.4) is 0 Å². The van der Waals surface area contributed by atoms with Crippen molar-refractivity contribution in [1.29, 1.82) is 0 Å². The summed E-state index contributed by atoms with van der Waals surface area (Å²) in [7, 11) is -2.68. The zero-order valence-electron chi connectivity index (χ0n) is 20.9. The van der Waals surface area contributed by atoms with Crippen molar-refractivity contribution in [2.45, 2.75) is 22.6 Å². The first-order chi connectivity index (χ1) is 19.3. The molecule has 0 aliphatic carbocycles. The third-order valence-corrected chi connectivity index (χ3v) is 9.34. The average Bonchev–Trinajstić information content (AvgIpc) is 3.64. The highest BCUT2D eigenvalue weighted by Gasteiger charge is 2.17. The van der Waals surface area contributed by atoms with Gasteiger partial charge in [-0.15, -0.1) is 22.7 Å². The van der Waals surface area contributed by atoms with Crippen molar-refractivity contribution in [1.82, 2.24) is 0 Å². The maximum atomic E-state index is 11.9. The Morgan fingerprint density at radius 2 is 1.17 bits per heavy atom. The van der Waals surface area contributed by atoms with Crippen molar-refractivity contribution in [2.75, 3.05) is 13.2 Å². The minimum atomic E-state index is -3.87. The minimum Gasteiger partial charge on any atom is -0.396 e. The molecule has 0 fully saturated rings. The highest BCUT2D eigenvalue weighted by atomic mass is 35.7. The van der Waals surface area contributed by atoms with Crippen LogP contribution in [0, 0.1) is 20.2 Å². The van der Waals surface area contributed by atoms with Gasteiger partial charge in [0.15, 0.2) is 0 Å². The number of nitrogens with zero attached hydrogens (tertiary/aromatic N) is 2. The molecule has 0 saturated carbocycles. The molecule has 0 radical (unpaired) electrons. The lowest BCUT2D eigenvalue weighted by Crippen LogP contribution is -2.08. The fourth-order valence-corrected chi connectivity index (χ4v) is 5.87. The van der Waals surface area contributed by atoms with Gasteiger partial charge in [-0.2, -0.15) is 8.42 Å². The van der Waals surface area contributed by atoms with Crippen LogP contribution in [0.15, 0.2) is 93.3 Å². The third-order valence-electron chi connectivity index (χ3n) is 4.77. The Hall–Kier alpha value is -3.25. The zero-order valence-corrected chi connectivity index (χ0v) is 25.0. The second-order valence-electron chi connectivity index (χ2n) is 7.60. The summed E-state index contributed by atoms with van der Waals surface area (Å²) in [5.74, 6) is 0. The van der Waals surface area contributed by atoms with Gasteiger partial charge >= 0.3 is 0 Å². The lowest BCUT2D eigenvalue weighted by atomic mass is 10.3. The van der Waals surface area contributed by atoms with Crippen LogP contribution in [0.25, 0.3) is 0 Å². The summed E-state index contributed by atoms with van der Waals surface area (Å²) in [5.41, 5.74) is -0.341. The van der Waals surface area contributed by atoms with E-state index in [4.69, 9.17) is 20.0 Å². The first kappa shape index (κ1) is 34.0. The van der Waals surface area contributed by atoms with E-state index in [9.17, 15) is 37.1 Å². The molecular weight excluding hydrogens is 640 g/mol. The summed E-state index contributed by atoms with van der Waals surface area (Å²) in [5, 5.41) is 33.0. The van der Waals surface area contributed by atoms with Crippen molar-refractivity contribution >= 4 is 63.9 Å². The molecule has 4 aromatic rings. The van der Waals surface area contributed by atoms with Gasteiger partial charge in [0.2, 0.25) is 0 Å². The summed E-state index contributed by atoms with van der Waals surface area (Å²) >= 11 is 3.21. The van der Waals surface area contributed by atoms with Gasteiger partial charge < -0.3 is 5.11 Å². The van der Waals surface area contributed by atoms with E-state index < -0.39 is 29.0 Å². The van der Waals surface area contributed by atoms with Gasteiger partial charge in [-0.05, 0) is 47.2 Å². The van der Waals surface area contributed by atoms with Crippen LogP contribution in [0.1, 0.15) is 9.75 Å². The predicted octanol–water partition coefficient (Wildman–Crippen LogP) is 5.41. The van der Waals surface area contributed by atoms with Gasteiger partial charge in [-0.1, -0.05) is 12.1 Å². The topological polar surface area (TPSA) is 184 Å². The molecule has 0 amide bonds. The number of benzene rings is 2. The zero-order chi connectivity index (χ0) is 30.5. The van der Waals surface area contributed by atoms with Crippen LogP contribution in [-0.2, 0) is 36.2 Å². The summed E-state index contributed by atoms with van der Waals surface area (Å²) < 4.78 is 50.0. The molecule has 4 rings (SSSR count). The summed E-state index contributed by atoms with van der Waals surface area (Å²) in [6.07, 6.45) is 1.31. The largest absolute Gasteiger partial charge is 0.396 e. The predicted molar refractivity (Wildman–Crippen MR) is 156 cm³/mol. The van der Waals surface area contributed by atoms with Crippen LogP contribution >= 0.6 is 33.4 Å². The molecule has 0 spiro atoms. The summed E-state index contributed by atoms with van der Waals surface area (Å²) in [6.45, 7) is 0.306. The van der Waals surface area contributed by atoms with E-state index >= 15 is 0 Å². The number of hydrogen-bond donors (Lipinski definition) is 1. The van der Waals surface area contributed by atoms with Crippen molar-refractivity contribution in [3.05, 3.63) is 114 Å². The van der Waals surface area contributed by atoms with E-state index in [0.717, 1.165) is 47.7 Å². The second-order valence-corrected chi connectivity index (χ2v) is 13.8. The number of nitro groups is 2. The average molecular weight is 663 g/mol. The summed E-state index contributed by atoms with van der Waals surface area (Å²) in [4.78, 5) is 21.5. The number of hydrogen-bond acceptors (Lipinski definition) is 12. The SMILES string of the molecule is O=[N+]([O-])c1ccc(S(=O)(=O)Cl)cc1.O=[N+]([O-])c1ccc(S(=O)(=O)OCCc2cccs2)cc1.OCCc1cccs1. The molecule has 0 aliphatic rings. The highest BCUT2D eigenvalue weighted by Crippen LogP contribution is 2.19. The fraction of sp³-hybridized carbons (Fsp3) is 0.167. The van der Waals surface area contributed by atoms with Gasteiger partial charge in [0.05, 0.1) is 26.2 Å². The van der Waals surface area contributed by atoms with Crippen molar-refractivity contribution < 1.29 is 36.0 Å². The lowest BCUT2D eigenvalue weighted by molar-refractivity contribution is -0.385. The molecule has 2 heterocycles. The van der Waals surface area contributed by atoms with E-state index in [0.29, 0.717) is 6.42 Å². The highest BCUT2D eigenvalue weighted by molar-refractivity contribution is 8.13. The molecule has 12 nitrogen and oxygen atoms in total. The molecule has 0 unspecified atom stereocenters. The quantitative estimate of drug-likeness (QED) is 0.0996. The standard InChI is InChI=1S/C12H11NO5S2.C6H4ClNO4S.C6H8OS/c14-13(15)10-3-5-12(6-4-10)20(16,17)18-8-7-11-2-1-9-19-11;7-13(11,12)6-3-1-5(2-4-6)8(9)10;7-4-3-6-2-1-5-8-6/h1-6,9H,7-8H2;1-4H;1-2,5,7H,3-4H2. The van der Waals surface area contributed by atoms with Gasteiger partial charge in [0, 0.05) is 64.2 Å². The van der Waals surface area contributed by atoms with E-state index in [2.05, 4.69) is 0 Å². The van der Waals surface area contributed by atoms with Gasteiger partial charge in [-0.3, -0.25) is 24.4 Å². The van der Waals surface area contributed by atoms with Gasteiger partial charge in [0.25, 0.3) is 30.5 Å². The maximum Gasteiger partial charge on any atom is 0.296 e. The van der Waals surface area contributed by atoms with Crippen molar-refractivity contribution in [3.8, 4) is 0 Å². The Morgan fingerprint density at radius 1 is 0.732 bits per heavy atom. The molecular formula is C24H23ClN2O10S4. The van der Waals surface area contributed by atoms with Crippen molar-refractivity contribution in [2.24, 2.45) is 0 Å². The lowest BCUT2D eigenvalue weighted by Gasteiger charge is -2.04. The number of aliphatic hydroxyl groups is 1. The fourth-order valence-electron chi connectivity index (χ4n) is 2.80. The second kappa shape index (κ2) is 16.3. The van der Waals surface area contributed by atoms with Crippen LogP contribution in [0.5, 0.6) is 0 Å². The molecule has 0 aliphatic heterocycles. The molecule has 17 heteroatoms. The molecule has 0 bridgehead atoms. The summed E-state index contributed by atoms with van der Waals surface area (Å²) in [6, 6.07) is 16.7.